The lowest BCUT2D eigenvalue weighted by Gasteiger charge is -2.17. The molecule has 0 aliphatic carbocycles. The van der Waals surface area contributed by atoms with E-state index in [2.05, 4.69) is 27.7 Å². The predicted octanol–water partition coefficient (Wildman–Crippen LogP) is 4.99. The van der Waals surface area contributed by atoms with Gasteiger partial charge in [-0.2, -0.15) is 0 Å². The summed E-state index contributed by atoms with van der Waals surface area (Å²) in [5, 5.41) is 0. The molecule has 0 heterocycles. The standard InChI is InChI=1S/C17H34O4/c1-5-9-13-19-16(11-7-3)17(20-14-10-6-2)21-15-18-12-8-4/h5-15H2,1-4H3. The van der Waals surface area contributed by atoms with Gasteiger partial charge >= 0.3 is 5.95 Å². The Kier molecular flexibility index (Phi) is 14.8. The molecule has 0 aromatic heterocycles. The summed E-state index contributed by atoms with van der Waals surface area (Å²) in [5.74, 6) is 1.33. The lowest BCUT2D eigenvalue weighted by Crippen LogP contribution is -2.10. The smallest absolute Gasteiger partial charge is 0.321 e. The van der Waals surface area contributed by atoms with Gasteiger partial charge in [0.05, 0.1) is 19.8 Å². The second-order valence-electron chi connectivity index (χ2n) is 5.04. The number of unbranched alkanes of at least 4 members (excludes halogenated alkanes) is 2. The van der Waals surface area contributed by atoms with Crippen LogP contribution < -0.4 is 0 Å². The van der Waals surface area contributed by atoms with Crippen LogP contribution in [0.1, 0.15) is 72.6 Å². The van der Waals surface area contributed by atoms with Gasteiger partial charge in [-0.25, -0.2) is 0 Å². The Balaban J connectivity index is 4.54. The van der Waals surface area contributed by atoms with Gasteiger partial charge in [-0.15, -0.1) is 0 Å². The van der Waals surface area contributed by atoms with Crippen LogP contribution in [0.5, 0.6) is 0 Å². The van der Waals surface area contributed by atoms with Gasteiger partial charge in [0.2, 0.25) is 0 Å². The van der Waals surface area contributed by atoms with Crippen LogP contribution in [0.15, 0.2) is 11.7 Å². The summed E-state index contributed by atoms with van der Waals surface area (Å²) in [6, 6.07) is 0. The molecule has 0 amide bonds. The maximum atomic E-state index is 5.85. The van der Waals surface area contributed by atoms with Gasteiger partial charge in [-0.1, -0.05) is 40.5 Å². The van der Waals surface area contributed by atoms with Crippen LogP contribution in [0.2, 0.25) is 0 Å². The van der Waals surface area contributed by atoms with Crippen LogP contribution in [-0.2, 0) is 18.9 Å². The molecule has 0 saturated heterocycles. The average molecular weight is 302 g/mol. The van der Waals surface area contributed by atoms with E-state index in [1.807, 2.05) is 0 Å². The molecule has 21 heavy (non-hydrogen) atoms. The van der Waals surface area contributed by atoms with Crippen LogP contribution in [-0.4, -0.2) is 26.6 Å². The highest BCUT2D eigenvalue weighted by Crippen LogP contribution is 2.17. The zero-order chi connectivity index (χ0) is 15.8. The van der Waals surface area contributed by atoms with Crippen molar-refractivity contribution in [1.29, 1.82) is 0 Å². The molecular weight excluding hydrogens is 268 g/mol. The molecule has 0 aromatic rings. The molecule has 0 aliphatic heterocycles. The van der Waals surface area contributed by atoms with Crippen molar-refractivity contribution in [3.8, 4) is 0 Å². The van der Waals surface area contributed by atoms with E-state index in [0.29, 0.717) is 25.8 Å². The van der Waals surface area contributed by atoms with E-state index in [4.69, 9.17) is 18.9 Å². The highest BCUT2D eigenvalue weighted by atomic mass is 16.7. The Hall–Kier alpha value is -0.900. The third kappa shape index (κ3) is 11.4. The third-order valence-corrected chi connectivity index (χ3v) is 2.83. The molecule has 126 valence electrons. The van der Waals surface area contributed by atoms with E-state index in [9.17, 15) is 0 Å². The van der Waals surface area contributed by atoms with Crippen molar-refractivity contribution < 1.29 is 18.9 Å². The molecule has 0 fully saturated rings. The molecule has 0 rings (SSSR count). The minimum Gasteiger partial charge on any atom is -0.491 e. The van der Waals surface area contributed by atoms with Gasteiger partial charge in [0.15, 0.2) is 12.6 Å². The summed E-state index contributed by atoms with van der Waals surface area (Å²) >= 11 is 0. The fourth-order valence-electron chi connectivity index (χ4n) is 1.61. The van der Waals surface area contributed by atoms with E-state index in [-0.39, 0.29) is 6.79 Å². The molecule has 0 aromatic carbocycles. The van der Waals surface area contributed by atoms with Crippen molar-refractivity contribution in [1.82, 2.24) is 0 Å². The third-order valence-electron chi connectivity index (χ3n) is 2.83. The van der Waals surface area contributed by atoms with Crippen molar-refractivity contribution >= 4 is 0 Å². The molecule has 0 spiro atoms. The zero-order valence-corrected chi connectivity index (χ0v) is 14.4. The highest BCUT2D eigenvalue weighted by molar-refractivity contribution is 4.95. The van der Waals surface area contributed by atoms with Crippen molar-refractivity contribution in [2.24, 2.45) is 0 Å². The van der Waals surface area contributed by atoms with Gasteiger partial charge in [0.1, 0.15) is 0 Å². The summed E-state index contributed by atoms with van der Waals surface area (Å²) in [5.41, 5.74) is 0. The highest BCUT2D eigenvalue weighted by Gasteiger charge is 2.12. The lowest BCUT2D eigenvalue weighted by molar-refractivity contribution is -0.0836. The van der Waals surface area contributed by atoms with E-state index >= 15 is 0 Å². The van der Waals surface area contributed by atoms with Crippen molar-refractivity contribution in [2.75, 3.05) is 26.6 Å². The monoisotopic (exact) mass is 302 g/mol. The molecule has 0 bridgehead atoms. The predicted molar refractivity (Wildman–Crippen MR) is 85.8 cm³/mol. The average Bonchev–Trinajstić information content (AvgIpc) is 2.49. The molecule has 0 saturated carbocycles. The Morgan fingerprint density at radius 3 is 1.90 bits per heavy atom. The second-order valence-corrected chi connectivity index (χ2v) is 5.04. The van der Waals surface area contributed by atoms with Crippen molar-refractivity contribution in [3.05, 3.63) is 11.7 Å². The van der Waals surface area contributed by atoms with Crippen molar-refractivity contribution in [3.63, 3.8) is 0 Å². The SMILES string of the molecule is CCCCOC(CCC)=C(OCCCC)OCOCCC. The normalized spacial score (nSPS) is 12.0. The fourth-order valence-corrected chi connectivity index (χ4v) is 1.61. The van der Waals surface area contributed by atoms with E-state index in [1.165, 1.54) is 0 Å². The minimum atomic E-state index is 0.222. The second kappa shape index (κ2) is 15.5. The minimum absolute atomic E-state index is 0.222. The van der Waals surface area contributed by atoms with E-state index in [1.54, 1.807) is 0 Å². The van der Waals surface area contributed by atoms with Crippen LogP contribution in [0.25, 0.3) is 0 Å². The lowest BCUT2D eigenvalue weighted by atomic mass is 10.3. The largest absolute Gasteiger partial charge is 0.491 e. The Bertz CT molecular complexity index is 251. The Labute approximate surface area is 130 Å². The Morgan fingerprint density at radius 1 is 0.667 bits per heavy atom. The Morgan fingerprint density at radius 2 is 1.33 bits per heavy atom. The summed E-state index contributed by atoms with van der Waals surface area (Å²) in [6.45, 7) is 10.8. The number of hydrogen-bond acceptors (Lipinski definition) is 4. The fraction of sp³-hybridized carbons (Fsp3) is 0.882. The van der Waals surface area contributed by atoms with Crippen LogP contribution in [0.4, 0.5) is 0 Å². The molecule has 0 unspecified atom stereocenters. The van der Waals surface area contributed by atoms with Gasteiger partial charge < -0.3 is 18.9 Å². The van der Waals surface area contributed by atoms with Gasteiger partial charge in [-0.3, -0.25) is 0 Å². The van der Waals surface area contributed by atoms with E-state index < -0.39 is 0 Å². The first kappa shape index (κ1) is 20.1. The number of hydrogen-bond donors (Lipinski definition) is 0. The quantitative estimate of drug-likeness (QED) is 0.242. The molecular formula is C17H34O4. The van der Waals surface area contributed by atoms with Crippen molar-refractivity contribution in [2.45, 2.75) is 72.6 Å². The van der Waals surface area contributed by atoms with Gasteiger partial charge in [0, 0.05) is 6.42 Å². The molecule has 0 atom stereocenters. The molecule has 0 N–H and O–H groups in total. The summed E-state index contributed by atoms with van der Waals surface area (Å²) in [6.07, 6.45) is 7.08. The molecule has 0 aliphatic rings. The van der Waals surface area contributed by atoms with Gasteiger partial charge in [-0.05, 0) is 25.7 Å². The van der Waals surface area contributed by atoms with Gasteiger partial charge in [0.25, 0.3) is 0 Å². The maximum Gasteiger partial charge on any atom is 0.321 e. The summed E-state index contributed by atoms with van der Waals surface area (Å²) in [7, 11) is 0. The number of rotatable bonds is 15. The first-order valence-corrected chi connectivity index (χ1v) is 8.49. The topological polar surface area (TPSA) is 36.9 Å². The van der Waals surface area contributed by atoms with Crippen LogP contribution in [0, 0.1) is 0 Å². The maximum absolute atomic E-state index is 5.85. The first-order valence-electron chi connectivity index (χ1n) is 8.49. The molecule has 4 heteroatoms. The molecule has 0 radical (unpaired) electrons. The molecule has 4 nitrogen and oxygen atoms in total. The summed E-state index contributed by atoms with van der Waals surface area (Å²) < 4.78 is 22.6. The number of ether oxygens (including phenoxy) is 4. The zero-order valence-electron chi connectivity index (χ0n) is 14.4. The number of allylic oxidation sites excluding steroid dienone is 1. The van der Waals surface area contributed by atoms with E-state index in [0.717, 1.165) is 50.7 Å². The van der Waals surface area contributed by atoms with Crippen LogP contribution >= 0.6 is 0 Å². The first-order chi connectivity index (χ1) is 10.3. The van der Waals surface area contributed by atoms with Crippen LogP contribution in [0.3, 0.4) is 0 Å². The summed E-state index contributed by atoms with van der Waals surface area (Å²) in [4.78, 5) is 0.